The van der Waals surface area contributed by atoms with E-state index in [0.29, 0.717) is 12.5 Å². The van der Waals surface area contributed by atoms with E-state index in [2.05, 4.69) is 54.3 Å². The molecule has 2 bridgehead atoms. The molecule has 2 aromatic rings. The quantitative estimate of drug-likeness (QED) is 0.565. The number of hydrogen-bond donors (Lipinski definition) is 0. The molecule has 3 heteroatoms. The number of carbonyl (C=O) groups excluding carboxylic acids is 1. The molecule has 2 aromatic carbocycles. The lowest BCUT2D eigenvalue weighted by Gasteiger charge is -2.60. The molecule has 1 unspecified atom stereocenters. The molecule has 0 N–H and O–H groups in total. The number of carbonyl (C=O) groups is 1. The maximum atomic E-state index is 13.4. The number of benzene rings is 2. The van der Waals surface area contributed by atoms with E-state index in [9.17, 15) is 4.79 Å². The third kappa shape index (κ3) is 3.87. The van der Waals surface area contributed by atoms with Crippen molar-refractivity contribution in [3.8, 4) is 0 Å². The molecule has 3 nitrogen and oxygen atoms in total. The largest absolute Gasteiger partial charge is 0.444 e. The van der Waals surface area contributed by atoms with Gasteiger partial charge in [-0.15, -0.1) is 0 Å². The molecule has 30 heavy (non-hydrogen) atoms. The summed E-state index contributed by atoms with van der Waals surface area (Å²) in [4.78, 5) is 15.5. The van der Waals surface area contributed by atoms with Crippen molar-refractivity contribution in [3.05, 3.63) is 71.8 Å². The predicted octanol–water partition coefficient (Wildman–Crippen LogP) is 6.71. The van der Waals surface area contributed by atoms with Crippen LogP contribution in [-0.4, -0.2) is 22.1 Å². The molecule has 1 atom stereocenters. The van der Waals surface area contributed by atoms with E-state index < -0.39 is 5.60 Å². The molecule has 0 saturated heterocycles. The van der Waals surface area contributed by atoms with Gasteiger partial charge in [0.15, 0.2) is 0 Å². The molecule has 0 spiro atoms. The topological polar surface area (TPSA) is 29.5 Å². The van der Waals surface area contributed by atoms with Crippen molar-refractivity contribution in [1.29, 1.82) is 0 Å². The lowest BCUT2D eigenvalue weighted by molar-refractivity contribution is -0.0679. The summed E-state index contributed by atoms with van der Waals surface area (Å²) < 4.78 is 5.90. The minimum Gasteiger partial charge on any atom is -0.444 e. The second kappa shape index (κ2) is 7.76. The number of ether oxygens (including phenoxy) is 1. The summed E-state index contributed by atoms with van der Waals surface area (Å²) in [5.74, 6) is 0.531. The van der Waals surface area contributed by atoms with Gasteiger partial charge in [-0.3, -0.25) is 4.90 Å². The Kier molecular flexibility index (Phi) is 5.42. The van der Waals surface area contributed by atoms with Crippen LogP contribution in [0.25, 0.3) is 0 Å². The van der Waals surface area contributed by atoms with E-state index in [0.717, 1.165) is 37.7 Å². The third-order valence-electron chi connectivity index (χ3n) is 7.42. The van der Waals surface area contributed by atoms with Crippen molar-refractivity contribution in [2.45, 2.75) is 82.9 Å². The first-order chi connectivity index (χ1) is 14.2. The first kappa shape index (κ1) is 21.0. The van der Waals surface area contributed by atoms with Gasteiger partial charge in [-0.05, 0) is 75.3 Å². The average Bonchev–Trinajstić information content (AvgIpc) is 2.73. The molecule has 0 radical (unpaired) electrons. The van der Waals surface area contributed by atoms with E-state index in [-0.39, 0.29) is 17.0 Å². The zero-order valence-corrected chi connectivity index (χ0v) is 18.9. The van der Waals surface area contributed by atoms with E-state index >= 15 is 0 Å². The van der Waals surface area contributed by atoms with Gasteiger partial charge in [-0.25, -0.2) is 4.79 Å². The van der Waals surface area contributed by atoms with Gasteiger partial charge in [0.1, 0.15) is 5.60 Å². The van der Waals surface area contributed by atoms with Crippen LogP contribution < -0.4 is 0 Å². The summed E-state index contributed by atoms with van der Waals surface area (Å²) in [6.45, 7) is 8.85. The van der Waals surface area contributed by atoms with Gasteiger partial charge in [0, 0.05) is 12.1 Å². The van der Waals surface area contributed by atoms with Crippen LogP contribution in [0.2, 0.25) is 0 Å². The molecule has 1 amide bonds. The van der Waals surface area contributed by atoms with Gasteiger partial charge in [0.25, 0.3) is 0 Å². The van der Waals surface area contributed by atoms with E-state index in [1.54, 1.807) is 0 Å². The SMILES string of the molecule is CC1CC2(N(Cc3ccccc3)C(=O)OC(C)(C)C)CCC1(c1ccccc1)CC2. The van der Waals surface area contributed by atoms with Crippen molar-refractivity contribution < 1.29 is 9.53 Å². The standard InChI is InChI=1S/C27H35NO2/c1-21-19-26(15-17-27(21,18-16-26)23-13-9-6-10-14-23)28(24(29)30-25(2,3)4)20-22-11-7-5-8-12-22/h5-14,21H,15-20H2,1-4H3. The minimum absolute atomic E-state index is 0.117. The summed E-state index contributed by atoms with van der Waals surface area (Å²) >= 11 is 0. The molecule has 3 fully saturated rings. The summed E-state index contributed by atoms with van der Waals surface area (Å²) in [7, 11) is 0. The van der Waals surface area contributed by atoms with Crippen LogP contribution in [-0.2, 0) is 16.7 Å². The highest BCUT2D eigenvalue weighted by Gasteiger charge is 2.56. The number of hydrogen-bond acceptors (Lipinski definition) is 2. The van der Waals surface area contributed by atoms with Gasteiger partial charge in [-0.1, -0.05) is 67.6 Å². The first-order valence-electron chi connectivity index (χ1n) is 11.3. The lowest BCUT2D eigenvalue weighted by atomic mass is 9.50. The van der Waals surface area contributed by atoms with Crippen LogP contribution in [0.1, 0.15) is 70.9 Å². The molecule has 160 valence electrons. The Labute approximate surface area is 181 Å². The maximum Gasteiger partial charge on any atom is 0.411 e. The highest BCUT2D eigenvalue weighted by molar-refractivity contribution is 5.69. The average molecular weight is 406 g/mol. The number of nitrogens with zero attached hydrogens (tertiary/aromatic N) is 1. The molecule has 0 aliphatic heterocycles. The lowest BCUT2D eigenvalue weighted by Crippen LogP contribution is -2.62. The Morgan fingerprint density at radius 2 is 1.53 bits per heavy atom. The molecule has 3 saturated carbocycles. The fraction of sp³-hybridized carbons (Fsp3) is 0.519. The monoisotopic (exact) mass is 405 g/mol. The van der Waals surface area contributed by atoms with Crippen LogP contribution >= 0.6 is 0 Å². The Morgan fingerprint density at radius 1 is 0.967 bits per heavy atom. The van der Waals surface area contributed by atoms with Crippen LogP contribution in [0.15, 0.2) is 60.7 Å². The zero-order valence-electron chi connectivity index (χ0n) is 18.9. The number of fused-ring (bicyclic) bond motifs is 3. The first-order valence-corrected chi connectivity index (χ1v) is 11.3. The van der Waals surface area contributed by atoms with Crippen molar-refractivity contribution in [3.63, 3.8) is 0 Å². The Bertz CT molecular complexity index is 861. The predicted molar refractivity (Wildman–Crippen MR) is 121 cm³/mol. The van der Waals surface area contributed by atoms with Crippen molar-refractivity contribution in [1.82, 2.24) is 4.90 Å². The fourth-order valence-corrected chi connectivity index (χ4v) is 5.86. The van der Waals surface area contributed by atoms with Crippen LogP contribution in [0.4, 0.5) is 4.79 Å². The van der Waals surface area contributed by atoms with Crippen molar-refractivity contribution in [2.75, 3.05) is 0 Å². The Balaban J connectivity index is 1.64. The van der Waals surface area contributed by atoms with Crippen LogP contribution in [0.3, 0.4) is 0 Å². The second-order valence-corrected chi connectivity index (χ2v) is 10.4. The van der Waals surface area contributed by atoms with Gasteiger partial charge in [0.05, 0.1) is 0 Å². The smallest absolute Gasteiger partial charge is 0.411 e. The molecule has 5 rings (SSSR count). The number of amides is 1. The Hall–Kier alpha value is -2.29. The number of rotatable bonds is 4. The van der Waals surface area contributed by atoms with E-state index in [4.69, 9.17) is 4.74 Å². The summed E-state index contributed by atoms with van der Waals surface area (Å²) in [6.07, 6.45) is 5.20. The molecule has 3 aliphatic rings. The summed E-state index contributed by atoms with van der Waals surface area (Å²) in [5, 5.41) is 0. The summed E-state index contributed by atoms with van der Waals surface area (Å²) in [6, 6.07) is 21.4. The highest BCUT2D eigenvalue weighted by Crippen LogP contribution is 2.58. The van der Waals surface area contributed by atoms with Gasteiger partial charge < -0.3 is 4.74 Å². The Morgan fingerprint density at radius 3 is 2.07 bits per heavy atom. The zero-order chi connectivity index (χ0) is 21.4. The van der Waals surface area contributed by atoms with E-state index in [1.807, 2.05) is 39.0 Å². The molecule has 0 heterocycles. The molecular formula is C27H35NO2. The molecular weight excluding hydrogens is 370 g/mol. The molecule has 3 aliphatic carbocycles. The van der Waals surface area contributed by atoms with Crippen molar-refractivity contribution in [2.24, 2.45) is 5.92 Å². The maximum absolute atomic E-state index is 13.4. The van der Waals surface area contributed by atoms with Gasteiger partial charge in [0.2, 0.25) is 0 Å². The van der Waals surface area contributed by atoms with E-state index in [1.165, 1.54) is 5.56 Å². The second-order valence-electron chi connectivity index (χ2n) is 10.4. The van der Waals surface area contributed by atoms with Crippen LogP contribution in [0.5, 0.6) is 0 Å². The third-order valence-corrected chi connectivity index (χ3v) is 7.42. The normalized spacial score (nSPS) is 28.2. The fourth-order valence-electron chi connectivity index (χ4n) is 5.86. The summed E-state index contributed by atoms with van der Waals surface area (Å²) in [5.41, 5.74) is 2.27. The van der Waals surface area contributed by atoms with Crippen LogP contribution in [0, 0.1) is 5.92 Å². The van der Waals surface area contributed by atoms with Crippen molar-refractivity contribution >= 4 is 6.09 Å². The highest BCUT2D eigenvalue weighted by atomic mass is 16.6. The molecule has 0 aromatic heterocycles. The van der Waals surface area contributed by atoms with Gasteiger partial charge in [-0.2, -0.15) is 0 Å². The minimum atomic E-state index is -0.495. The van der Waals surface area contributed by atoms with Gasteiger partial charge >= 0.3 is 6.09 Å².